The number of nitrogens with zero attached hydrogens (tertiary/aromatic N) is 1. The van der Waals surface area contributed by atoms with Crippen LogP contribution < -0.4 is 4.90 Å². The summed E-state index contributed by atoms with van der Waals surface area (Å²) in [4.78, 5) is 2.42. The third kappa shape index (κ3) is 5.24. The summed E-state index contributed by atoms with van der Waals surface area (Å²) >= 11 is 0. The molecule has 0 saturated carbocycles. The highest BCUT2D eigenvalue weighted by atomic mass is 16.3. The molecule has 1 aromatic heterocycles. The van der Waals surface area contributed by atoms with E-state index in [-0.39, 0.29) is 0 Å². The second kappa shape index (κ2) is 12.8. The van der Waals surface area contributed by atoms with Crippen molar-refractivity contribution in [2.45, 2.75) is 0 Å². The van der Waals surface area contributed by atoms with Gasteiger partial charge in [0.05, 0.1) is 11.4 Å². The number of rotatable bonds is 7. The SMILES string of the molecule is c1ccc(-c2ccccc2-c2c(-c3ccccc3)cccc2N(c2ccc3c(c2)oc2ccccc23)c2ccccc2-c2ccccc2)cc1. The van der Waals surface area contributed by atoms with Crippen molar-refractivity contribution in [1.29, 1.82) is 0 Å². The first-order valence-corrected chi connectivity index (χ1v) is 17.0. The van der Waals surface area contributed by atoms with Crippen molar-refractivity contribution in [3.05, 3.63) is 200 Å². The van der Waals surface area contributed by atoms with E-state index >= 15 is 0 Å². The maximum Gasteiger partial charge on any atom is 0.137 e. The van der Waals surface area contributed by atoms with Gasteiger partial charge < -0.3 is 9.32 Å². The van der Waals surface area contributed by atoms with E-state index in [4.69, 9.17) is 4.42 Å². The lowest BCUT2D eigenvalue weighted by Gasteiger charge is -2.31. The first-order valence-electron chi connectivity index (χ1n) is 17.0. The molecule has 0 radical (unpaired) electrons. The van der Waals surface area contributed by atoms with E-state index in [1.807, 2.05) is 12.1 Å². The van der Waals surface area contributed by atoms with Gasteiger partial charge in [-0.25, -0.2) is 0 Å². The summed E-state index contributed by atoms with van der Waals surface area (Å²) in [5, 5.41) is 2.22. The van der Waals surface area contributed by atoms with Crippen molar-refractivity contribution in [2.24, 2.45) is 0 Å². The highest BCUT2D eigenvalue weighted by molar-refractivity contribution is 6.07. The van der Waals surface area contributed by atoms with Crippen molar-refractivity contribution in [1.82, 2.24) is 0 Å². The molecule has 8 aromatic carbocycles. The van der Waals surface area contributed by atoms with Crippen molar-refractivity contribution in [3.8, 4) is 44.5 Å². The highest BCUT2D eigenvalue weighted by Crippen LogP contribution is 2.50. The molecule has 1 heterocycles. The molecule has 0 aliphatic rings. The zero-order valence-electron chi connectivity index (χ0n) is 27.4. The normalized spacial score (nSPS) is 11.2. The Kier molecular flexibility index (Phi) is 7.53. The number of hydrogen-bond acceptors (Lipinski definition) is 2. The van der Waals surface area contributed by atoms with Gasteiger partial charge in [0.1, 0.15) is 11.2 Å². The zero-order chi connectivity index (χ0) is 33.3. The Morgan fingerprint density at radius 3 is 1.54 bits per heavy atom. The van der Waals surface area contributed by atoms with Crippen molar-refractivity contribution in [3.63, 3.8) is 0 Å². The second-order valence-electron chi connectivity index (χ2n) is 12.5. The largest absolute Gasteiger partial charge is 0.456 e. The summed E-state index contributed by atoms with van der Waals surface area (Å²) in [5.41, 5.74) is 14.2. The molecule has 2 heteroatoms. The summed E-state index contributed by atoms with van der Waals surface area (Å²) in [6, 6.07) is 71.1. The molecule has 0 bridgehead atoms. The van der Waals surface area contributed by atoms with E-state index in [1.165, 1.54) is 22.3 Å². The average Bonchev–Trinajstić information content (AvgIpc) is 3.57. The zero-order valence-corrected chi connectivity index (χ0v) is 27.4. The maximum absolute atomic E-state index is 6.49. The van der Waals surface area contributed by atoms with Gasteiger partial charge in [-0.3, -0.25) is 0 Å². The molecule has 0 saturated heterocycles. The van der Waals surface area contributed by atoms with Crippen LogP contribution in [0.5, 0.6) is 0 Å². The van der Waals surface area contributed by atoms with Gasteiger partial charge in [-0.1, -0.05) is 164 Å². The van der Waals surface area contributed by atoms with E-state index in [2.05, 4.69) is 193 Å². The Hall–Kier alpha value is -6.64. The van der Waals surface area contributed by atoms with Gasteiger partial charge in [0, 0.05) is 33.7 Å². The van der Waals surface area contributed by atoms with Crippen molar-refractivity contribution < 1.29 is 4.42 Å². The minimum Gasteiger partial charge on any atom is -0.456 e. The molecule has 9 aromatic rings. The number of hydrogen-bond donors (Lipinski definition) is 0. The summed E-state index contributed by atoms with van der Waals surface area (Å²) in [5.74, 6) is 0. The van der Waals surface area contributed by atoms with Gasteiger partial charge in [0.2, 0.25) is 0 Å². The topological polar surface area (TPSA) is 16.4 Å². The molecule has 0 atom stereocenters. The molecular weight excluding hydrogens is 607 g/mol. The van der Waals surface area contributed by atoms with E-state index in [0.29, 0.717) is 0 Å². The Bertz CT molecular complexity index is 2590. The average molecular weight is 640 g/mol. The fourth-order valence-electron chi connectivity index (χ4n) is 7.23. The molecule has 0 spiro atoms. The Morgan fingerprint density at radius 1 is 0.320 bits per heavy atom. The lowest BCUT2D eigenvalue weighted by molar-refractivity contribution is 0.669. The third-order valence-corrected chi connectivity index (χ3v) is 9.50. The summed E-state index contributed by atoms with van der Waals surface area (Å²) in [6.07, 6.45) is 0. The second-order valence-corrected chi connectivity index (χ2v) is 12.5. The van der Waals surface area contributed by atoms with Crippen LogP contribution in [-0.2, 0) is 0 Å². The minimum absolute atomic E-state index is 0.858. The van der Waals surface area contributed by atoms with E-state index in [0.717, 1.165) is 61.3 Å². The molecule has 50 heavy (non-hydrogen) atoms. The number of para-hydroxylation sites is 2. The summed E-state index contributed by atoms with van der Waals surface area (Å²) < 4.78 is 6.49. The quantitative estimate of drug-likeness (QED) is 0.173. The van der Waals surface area contributed by atoms with E-state index in [9.17, 15) is 0 Å². The number of furan rings is 1. The lowest BCUT2D eigenvalue weighted by Crippen LogP contribution is -2.13. The molecule has 2 nitrogen and oxygen atoms in total. The van der Waals surface area contributed by atoms with Crippen LogP contribution in [0.3, 0.4) is 0 Å². The first-order chi connectivity index (χ1) is 24.8. The predicted molar refractivity (Wildman–Crippen MR) is 210 cm³/mol. The van der Waals surface area contributed by atoms with Gasteiger partial charge in [0.15, 0.2) is 0 Å². The molecule has 0 amide bonds. The fraction of sp³-hybridized carbons (Fsp3) is 0. The van der Waals surface area contributed by atoms with Crippen molar-refractivity contribution >= 4 is 39.0 Å². The molecule has 0 N–H and O–H groups in total. The van der Waals surface area contributed by atoms with E-state index in [1.54, 1.807) is 0 Å². The Morgan fingerprint density at radius 2 is 0.820 bits per heavy atom. The molecular formula is C48H33NO. The molecule has 0 aliphatic heterocycles. The fourth-order valence-corrected chi connectivity index (χ4v) is 7.23. The molecule has 0 unspecified atom stereocenters. The van der Waals surface area contributed by atoms with Gasteiger partial charge in [-0.15, -0.1) is 0 Å². The van der Waals surface area contributed by atoms with Crippen LogP contribution in [0.25, 0.3) is 66.4 Å². The lowest BCUT2D eigenvalue weighted by atomic mass is 9.87. The van der Waals surface area contributed by atoms with Crippen LogP contribution >= 0.6 is 0 Å². The van der Waals surface area contributed by atoms with Crippen molar-refractivity contribution in [2.75, 3.05) is 4.90 Å². The third-order valence-electron chi connectivity index (χ3n) is 9.50. The standard InChI is InChI=1S/C48H33NO/c1-4-17-34(18-5-1)38-23-10-11-26-43(38)48-40(36-21-8-3-9-22-36)27-16-29-45(48)49(44-28-14-12-24-39(44)35-19-6-2-7-20-35)37-31-32-42-41-25-13-15-30-46(41)50-47(42)33-37/h1-33H. The van der Waals surface area contributed by atoms with Gasteiger partial charge in [-0.05, 0) is 63.7 Å². The number of benzene rings is 8. The molecule has 9 rings (SSSR count). The van der Waals surface area contributed by atoms with E-state index < -0.39 is 0 Å². The monoisotopic (exact) mass is 639 g/mol. The van der Waals surface area contributed by atoms with Gasteiger partial charge in [0.25, 0.3) is 0 Å². The van der Waals surface area contributed by atoms with Crippen LogP contribution in [0, 0.1) is 0 Å². The number of fused-ring (bicyclic) bond motifs is 3. The van der Waals surface area contributed by atoms with Crippen LogP contribution in [0.2, 0.25) is 0 Å². The highest BCUT2D eigenvalue weighted by Gasteiger charge is 2.25. The number of anilines is 3. The van der Waals surface area contributed by atoms with Gasteiger partial charge in [-0.2, -0.15) is 0 Å². The van der Waals surface area contributed by atoms with Crippen LogP contribution in [0.1, 0.15) is 0 Å². The summed E-state index contributed by atoms with van der Waals surface area (Å²) in [6.45, 7) is 0. The maximum atomic E-state index is 6.49. The molecule has 0 aliphatic carbocycles. The van der Waals surface area contributed by atoms with Crippen LogP contribution in [-0.4, -0.2) is 0 Å². The van der Waals surface area contributed by atoms with Gasteiger partial charge >= 0.3 is 0 Å². The smallest absolute Gasteiger partial charge is 0.137 e. The Labute approximate surface area is 292 Å². The molecule has 236 valence electrons. The summed E-state index contributed by atoms with van der Waals surface area (Å²) in [7, 11) is 0. The predicted octanol–water partition coefficient (Wildman–Crippen LogP) is 13.7. The minimum atomic E-state index is 0.858. The molecule has 0 fully saturated rings. The first kappa shape index (κ1) is 29.5. The van der Waals surface area contributed by atoms with Crippen LogP contribution in [0.15, 0.2) is 205 Å². The Balaban J connectivity index is 1.38. The van der Waals surface area contributed by atoms with Crippen LogP contribution in [0.4, 0.5) is 17.1 Å².